The second kappa shape index (κ2) is 5.32. The number of hydrogen-bond donors (Lipinski definition) is 1. The first-order valence-electron chi connectivity index (χ1n) is 6.16. The average Bonchev–Trinajstić information content (AvgIpc) is 2.28. The molecular weight excluding hydrogens is 214 g/mol. The van der Waals surface area contributed by atoms with Gasteiger partial charge in [0.2, 0.25) is 0 Å². The largest absolute Gasteiger partial charge is 0.426 e. The standard InChI is InChI=1S/C14H19NO2/c1-10-7-11(2)9-13(8-10)17-14(16)12-3-5-15-6-4-12/h7-9,12,15H,3-6H2,1-2H3. The third-order valence-electron chi connectivity index (χ3n) is 3.09. The van der Waals surface area contributed by atoms with Gasteiger partial charge in [-0.25, -0.2) is 0 Å². The van der Waals surface area contributed by atoms with Gasteiger partial charge in [0.05, 0.1) is 5.92 Å². The molecule has 0 bridgehead atoms. The van der Waals surface area contributed by atoms with Gasteiger partial charge < -0.3 is 10.1 Å². The molecule has 3 heteroatoms. The smallest absolute Gasteiger partial charge is 0.314 e. The predicted octanol–water partition coefficient (Wildman–Crippen LogP) is 2.21. The molecule has 1 aromatic rings. The number of carbonyl (C=O) groups excluding carboxylic acids is 1. The van der Waals surface area contributed by atoms with E-state index in [2.05, 4.69) is 11.4 Å². The second-order valence-electron chi connectivity index (χ2n) is 4.77. The van der Waals surface area contributed by atoms with Gasteiger partial charge in [-0.1, -0.05) is 6.07 Å². The van der Waals surface area contributed by atoms with Crippen LogP contribution in [0, 0.1) is 19.8 Å². The Kier molecular flexibility index (Phi) is 3.79. The van der Waals surface area contributed by atoms with Gasteiger partial charge in [-0.2, -0.15) is 0 Å². The number of carbonyl (C=O) groups is 1. The molecule has 0 aromatic heterocycles. The minimum absolute atomic E-state index is 0.0528. The third kappa shape index (κ3) is 3.30. The molecule has 1 aliphatic heterocycles. The van der Waals surface area contributed by atoms with E-state index in [1.54, 1.807) is 0 Å². The Balaban J connectivity index is 2.01. The van der Waals surface area contributed by atoms with Crippen LogP contribution in [0.4, 0.5) is 0 Å². The number of benzene rings is 1. The molecule has 0 spiro atoms. The molecule has 0 atom stereocenters. The van der Waals surface area contributed by atoms with Crippen LogP contribution in [-0.4, -0.2) is 19.1 Å². The van der Waals surface area contributed by atoms with Crippen molar-refractivity contribution in [3.8, 4) is 5.75 Å². The summed E-state index contributed by atoms with van der Waals surface area (Å²) in [5, 5.41) is 3.24. The van der Waals surface area contributed by atoms with E-state index in [9.17, 15) is 4.79 Å². The molecule has 0 unspecified atom stereocenters. The van der Waals surface area contributed by atoms with E-state index in [1.165, 1.54) is 0 Å². The van der Waals surface area contributed by atoms with Gasteiger partial charge in [0.25, 0.3) is 0 Å². The first-order chi connectivity index (χ1) is 8.15. The zero-order valence-corrected chi connectivity index (χ0v) is 10.5. The Morgan fingerprint density at radius 3 is 2.35 bits per heavy atom. The average molecular weight is 233 g/mol. The molecule has 0 aliphatic carbocycles. The summed E-state index contributed by atoms with van der Waals surface area (Å²) in [4.78, 5) is 11.9. The molecule has 1 saturated heterocycles. The maximum absolute atomic E-state index is 11.9. The SMILES string of the molecule is Cc1cc(C)cc(OC(=O)C2CCNCC2)c1. The minimum Gasteiger partial charge on any atom is -0.426 e. The van der Waals surface area contributed by atoms with Crippen molar-refractivity contribution in [2.45, 2.75) is 26.7 Å². The zero-order valence-electron chi connectivity index (χ0n) is 10.5. The zero-order chi connectivity index (χ0) is 12.3. The van der Waals surface area contributed by atoms with Crippen LogP contribution in [0.1, 0.15) is 24.0 Å². The molecular formula is C14H19NO2. The Morgan fingerprint density at radius 2 is 1.76 bits per heavy atom. The Labute approximate surface area is 102 Å². The second-order valence-corrected chi connectivity index (χ2v) is 4.77. The maximum atomic E-state index is 11.9. The molecule has 2 rings (SSSR count). The summed E-state index contributed by atoms with van der Waals surface area (Å²) in [5.74, 6) is 0.639. The molecule has 1 N–H and O–H groups in total. The fraction of sp³-hybridized carbons (Fsp3) is 0.500. The minimum atomic E-state index is -0.0866. The van der Waals surface area contributed by atoms with Crippen LogP contribution >= 0.6 is 0 Å². The lowest BCUT2D eigenvalue weighted by molar-refractivity contribution is -0.139. The van der Waals surface area contributed by atoms with Gasteiger partial charge in [0.1, 0.15) is 5.75 Å². The summed E-state index contributed by atoms with van der Waals surface area (Å²) in [6.45, 7) is 5.84. The summed E-state index contributed by atoms with van der Waals surface area (Å²) < 4.78 is 5.45. The van der Waals surface area contributed by atoms with E-state index in [4.69, 9.17) is 4.74 Å². The van der Waals surface area contributed by atoms with Crippen LogP contribution in [0.5, 0.6) is 5.75 Å². The predicted molar refractivity (Wildman–Crippen MR) is 67.1 cm³/mol. The van der Waals surface area contributed by atoms with Crippen molar-refractivity contribution >= 4 is 5.97 Å². The van der Waals surface area contributed by atoms with E-state index in [-0.39, 0.29) is 11.9 Å². The van der Waals surface area contributed by atoms with Crippen molar-refractivity contribution in [1.29, 1.82) is 0 Å². The lowest BCUT2D eigenvalue weighted by Crippen LogP contribution is -2.33. The lowest BCUT2D eigenvalue weighted by Gasteiger charge is -2.21. The van der Waals surface area contributed by atoms with Crippen LogP contribution in [0.25, 0.3) is 0 Å². The van der Waals surface area contributed by atoms with E-state index >= 15 is 0 Å². The summed E-state index contributed by atoms with van der Waals surface area (Å²) >= 11 is 0. The number of hydrogen-bond acceptors (Lipinski definition) is 3. The van der Waals surface area contributed by atoms with E-state index in [0.717, 1.165) is 37.1 Å². The molecule has 17 heavy (non-hydrogen) atoms. The van der Waals surface area contributed by atoms with Gasteiger partial charge in [-0.15, -0.1) is 0 Å². The lowest BCUT2D eigenvalue weighted by atomic mass is 9.98. The van der Waals surface area contributed by atoms with Gasteiger partial charge in [0.15, 0.2) is 0 Å². The molecule has 3 nitrogen and oxygen atoms in total. The van der Waals surface area contributed by atoms with Gasteiger partial charge >= 0.3 is 5.97 Å². The van der Waals surface area contributed by atoms with Crippen molar-refractivity contribution in [2.24, 2.45) is 5.92 Å². The van der Waals surface area contributed by atoms with Crippen LogP contribution < -0.4 is 10.1 Å². The summed E-state index contributed by atoms with van der Waals surface area (Å²) in [5.41, 5.74) is 2.25. The van der Waals surface area contributed by atoms with E-state index in [1.807, 2.05) is 26.0 Å². The van der Waals surface area contributed by atoms with Crippen LogP contribution in [0.3, 0.4) is 0 Å². The van der Waals surface area contributed by atoms with Crippen molar-refractivity contribution in [3.05, 3.63) is 29.3 Å². The molecule has 92 valence electrons. The Hall–Kier alpha value is -1.35. The van der Waals surface area contributed by atoms with Crippen LogP contribution in [-0.2, 0) is 4.79 Å². The first kappa shape index (κ1) is 12.1. The van der Waals surface area contributed by atoms with E-state index in [0.29, 0.717) is 5.75 Å². The van der Waals surface area contributed by atoms with Crippen molar-refractivity contribution in [2.75, 3.05) is 13.1 Å². The van der Waals surface area contributed by atoms with Crippen molar-refractivity contribution in [3.63, 3.8) is 0 Å². The van der Waals surface area contributed by atoms with Crippen molar-refractivity contribution < 1.29 is 9.53 Å². The normalized spacial score (nSPS) is 16.8. The summed E-state index contributed by atoms with van der Waals surface area (Å²) in [6, 6.07) is 5.89. The van der Waals surface area contributed by atoms with Gasteiger partial charge in [-0.05, 0) is 63.0 Å². The fourth-order valence-electron chi connectivity index (χ4n) is 2.25. The quantitative estimate of drug-likeness (QED) is 0.628. The molecule has 1 fully saturated rings. The number of aryl methyl sites for hydroxylation is 2. The van der Waals surface area contributed by atoms with Crippen LogP contribution in [0.2, 0.25) is 0 Å². The van der Waals surface area contributed by atoms with Gasteiger partial charge in [-0.3, -0.25) is 4.79 Å². The molecule has 1 aromatic carbocycles. The fourth-order valence-corrected chi connectivity index (χ4v) is 2.25. The number of piperidine rings is 1. The highest BCUT2D eigenvalue weighted by atomic mass is 16.5. The van der Waals surface area contributed by atoms with Crippen molar-refractivity contribution in [1.82, 2.24) is 5.32 Å². The Bertz CT molecular complexity index is 388. The van der Waals surface area contributed by atoms with Gasteiger partial charge in [0, 0.05) is 0 Å². The number of ether oxygens (including phenoxy) is 1. The number of nitrogens with one attached hydrogen (secondary N) is 1. The maximum Gasteiger partial charge on any atom is 0.314 e. The van der Waals surface area contributed by atoms with E-state index < -0.39 is 0 Å². The molecule has 1 aliphatic rings. The highest BCUT2D eigenvalue weighted by molar-refractivity contribution is 5.75. The third-order valence-corrected chi connectivity index (χ3v) is 3.09. The summed E-state index contributed by atoms with van der Waals surface area (Å²) in [7, 11) is 0. The molecule has 0 radical (unpaired) electrons. The molecule has 0 saturated carbocycles. The Morgan fingerprint density at radius 1 is 1.18 bits per heavy atom. The number of rotatable bonds is 2. The highest BCUT2D eigenvalue weighted by Crippen LogP contribution is 2.20. The first-order valence-corrected chi connectivity index (χ1v) is 6.16. The molecule has 1 heterocycles. The van der Waals surface area contributed by atoms with Crippen LogP contribution in [0.15, 0.2) is 18.2 Å². The monoisotopic (exact) mass is 233 g/mol. The highest BCUT2D eigenvalue weighted by Gasteiger charge is 2.22. The molecule has 0 amide bonds. The number of esters is 1. The summed E-state index contributed by atoms with van der Waals surface area (Å²) in [6.07, 6.45) is 1.76. The topological polar surface area (TPSA) is 38.3 Å².